The molecule has 3 heterocycles. The highest BCUT2D eigenvalue weighted by Crippen LogP contribution is 2.30. The van der Waals surface area contributed by atoms with Crippen molar-refractivity contribution in [2.24, 2.45) is 0 Å². The first-order valence-corrected chi connectivity index (χ1v) is 11.2. The number of hydrogen-bond acceptors (Lipinski definition) is 6. The second kappa shape index (κ2) is 9.70. The van der Waals surface area contributed by atoms with Crippen molar-refractivity contribution in [3.63, 3.8) is 0 Å². The Kier molecular flexibility index (Phi) is 6.56. The van der Waals surface area contributed by atoms with E-state index in [0.717, 1.165) is 33.8 Å². The molecule has 1 amide bonds. The molecule has 0 saturated carbocycles. The Balaban J connectivity index is 1.55. The van der Waals surface area contributed by atoms with Crippen LogP contribution in [0, 0.1) is 20.8 Å². The van der Waals surface area contributed by atoms with Gasteiger partial charge in [0, 0.05) is 41.1 Å². The van der Waals surface area contributed by atoms with E-state index in [1.54, 1.807) is 6.07 Å². The zero-order chi connectivity index (χ0) is 22.5. The van der Waals surface area contributed by atoms with Crippen molar-refractivity contribution >= 4 is 17.2 Å². The summed E-state index contributed by atoms with van der Waals surface area (Å²) in [5.74, 6) is 0.381. The zero-order valence-electron chi connectivity index (χ0n) is 18.3. The predicted molar refractivity (Wildman–Crippen MR) is 126 cm³/mol. The van der Waals surface area contributed by atoms with E-state index in [9.17, 15) is 4.79 Å². The van der Waals surface area contributed by atoms with E-state index in [4.69, 9.17) is 4.74 Å². The Bertz CT molecular complexity index is 1220. The lowest BCUT2D eigenvalue weighted by molar-refractivity contribution is 0.0954. The van der Waals surface area contributed by atoms with Crippen LogP contribution < -0.4 is 10.1 Å². The number of rotatable bonds is 7. The Labute approximate surface area is 191 Å². The van der Waals surface area contributed by atoms with Crippen LogP contribution in [-0.4, -0.2) is 27.4 Å². The van der Waals surface area contributed by atoms with E-state index in [2.05, 4.69) is 20.3 Å². The van der Waals surface area contributed by atoms with Gasteiger partial charge in [-0.15, -0.1) is 0 Å². The number of carbonyl (C=O) groups is 1. The second-order valence-electron chi connectivity index (χ2n) is 7.64. The highest BCUT2D eigenvalue weighted by Gasteiger charge is 2.13. The molecule has 0 fully saturated rings. The first-order chi connectivity index (χ1) is 15.5. The monoisotopic (exact) mass is 444 g/mol. The fraction of sp³-hybridized carbons (Fsp3) is 0.200. The van der Waals surface area contributed by atoms with E-state index in [1.807, 2.05) is 74.9 Å². The lowest BCUT2D eigenvalue weighted by Crippen LogP contribution is -2.25. The maximum atomic E-state index is 12.9. The number of carbonyl (C=O) groups excluding carboxylic acids is 1. The topological polar surface area (TPSA) is 77.0 Å². The van der Waals surface area contributed by atoms with Crippen molar-refractivity contribution in [1.29, 1.82) is 0 Å². The Morgan fingerprint density at radius 2 is 1.88 bits per heavy atom. The van der Waals surface area contributed by atoms with Crippen LogP contribution in [-0.2, 0) is 6.42 Å². The molecule has 0 atom stereocenters. The second-order valence-corrected chi connectivity index (χ2v) is 8.46. The van der Waals surface area contributed by atoms with Gasteiger partial charge in [-0.3, -0.25) is 14.8 Å². The number of nitrogens with zero attached hydrogens (tertiary/aromatic N) is 3. The highest BCUT2D eigenvalue weighted by atomic mass is 32.1. The van der Waals surface area contributed by atoms with E-state index >= 15 is 0 Å². The van der Waals surface area contributed by atoms with Gasteiger partial charge in [-0.05, 0) is 68.7 Å². The molecule has 0 unspecified atom stereocenters. The smallest absolute Gasteiger partial charge is 0.278 e. The number of aryl methyl sites for hydroxylation is 3. The van der Waals surface area contributed by atoms with Crippen LogP contribution in [0.2, 0.25) is 0 Å². The number of nitrogens with one attached hydrogen (secondary N) is 1. The summed E-state index contributed by atoms with van der Waals surface area (Å²) in [4.78, 5) is 26.1. The van der Waals surface area contributed by atoms with Crippen LogP contribution in [0.4, 0.5) is 0 Å². The van der Waals surface area contributed by atoms with Crippen LogP contribution in [0.3, 0.4) is 0 Å². The summed E-state index contributed by atoms with van der Waals surface area (Å²) >= 11 is 1.42. The number of benzene rings is 1. The number of amides is 1. The zero-order valence-corrected chi connectivity index (χ0v) is 19.1. The van der Waals surface area contributed by atoms with E-state index in [1.165, 1.54) is 11.3 Å². The van der Waals surface area contributed by atoms with Crippen molar-refractivity contribution < 1.29 is 9.53 Å². The average Bonchev–Trinajstić information content (AvgIpc) is 3.19. The molecule has 0 aliphatic heterocycles. The molecule has 0 saturated heterocycles. The third kappa shape index (κ3) is 5.56. The number of pyridine rings is 2. The molecule has 0 aliphatic carbocycles. The molecule has 4 aromatic rings. The average molecular weight is 445 g/mol. The van der Waals surface area contributed by atoms with Crippen molar-refractivity contribution in [2.75, 3.05) is 6.54 Å². The number of hydrogen-bond donors (Lipinski definition) is 1. The number of aromatic nitrogens is 3. The van der Waals surface area contributed by atoms with Crippen LogP contribution in [0.25, 0.3) is 11.3 Å². The van der Waals surface area contributed by atoms with Gasteiger partial charge in [0.05, 0.1) is 11.4 Å². The van der Waals surface area contributed by atoms with Crippen molar-refractivity contribution in [3.05, 3.63) is 88.3 Å². The number of ether oxygens (including phenoxy) is 1. The van der Waals surface area contributed by atoms with Crippen LogP contribution in [0.1, 0.15) is 32.9 Å². The Morgan fingerprint density at radius 3 is 2.56 bits per heavy atom. The minimum atomic E-state index is -0.167. The minimum Gasteiger partial charge on any atom is -0.431 e. The van der Waals surface area contributed by atoms with Crippen LogP contribution in [0.5, 0.6) is 10.9 Å². The molecule has 1 N–H and O–H groups in total. The quantitative estimate of drug-likeness (QED) is 0.419. The van der Waals surface area contributed by atoms with Crippen LogP contribution in [0.15, 0.2) is 60.2 Å². The lowest BCUT2D eigenvalue weighted by atomic mass is 10.1. The molecule has 0 spiro atoms. The Morgan fingerprint density at radius 1 is 1.00 bits per heavy atom. The Hall–Kier alpha value is -3.58. The first kappa shape index (κ1) is 21.6. The third-order valence-corrected chi connectivity index (χ3v) is 5.69. The largest absolute Gasteiger partial charge is 0.431 e. The summed E-state index contributed by atoms with van der Waals surface area (Å²) in [7, 11) is 0. The maximum Gasteiger partial charge on any atom is 0.278 e. The summed E-state index contributed by atoms with van der Waals surface area (Å²) in [5.41, 5.74) is 6.11. The maximum absolute atomic E-state index is 12.9. The SMILES string of the molecule is Cc1ccc(-c2cc(Oc3nc(C)cs3)cc(C(=O)NCCc3ccc(C)nc3)c2)nc1. The molecular weight excluding hydrogens is 420 g/mol. The standard InChI is InChI=1S/C25H24N4O2S/c1-16-4-7-23(28-13-16)20-10-21(12-22(11-20)31-25-29-18(3)15-32-25)24(30)26-9-8-19-6-5-17(2)27-14-19/h4-7,10-15H,8-9H2,1-3H3,(H,26,30). The summed E-state index contributed by atoms with van der Waals surface area (Å²) in [5, 5.41) is 5.45. The lowest BCUT2D eigenvalue weighted by Gasteiger charge is -2.11. The molecule has 0 aliphatic rings. The van der Waals surface area contributed by atoms with E-state index in [-0.39, 0.29) is 5.91 Å². The van der Waals surface area contributed by atoms with Crippen molar-refractivity contribution in [2.45, 2.75) is 27.2 Å². The fourth-order valence-corrected chi connectivity index (χ4v) is 3.79. The summed E-state index contributed by atoms with van der Waals surface area (Å²) < 4.78 is 5.95. The van der Waals surface area contributed by atoms with Crippen molar-refractivity contribution in [3.8, 4) is 22.2 Å². The molecule has 1 aromatic carbocycles. The van der Waals surface area contributed by atoms with Gasteiger partial charge in [-0.1, -0.05) is 23.5 Å². The van der Waals surface area contributed by atoms with E-state index < -0.39 is 0 Å². The van der Waals surface area contributed by atoms with Crippen molar-refractivity contribution in [1.82, 2.24) is 20.3 Å². The van der Waals surface area contributed by atoms with Gasteiger partial charge < -0.3 is 10.1 Å². The molecule has 7 heteroatoms. The molecule has 3 aromatic heterocycles. The first-order valence-electron chi connectivity index (χ1n) is 10.3. The van der Waals surface area contributed by atoms with Gasteiger partial charge in [0.25, 0.3) is 11.1 Å². The number of thiazole rings is 1. The normalized spacial score (nSPS) is 10.7. The van der Waals surface area contributed by atoms with Gasteiger partial charge in [0.15, 0.2) is 0 Å². The predicted octanol–water partition coefficient (Wildman–Crippen LogP) is 5.29. The minimum absolute atomic E-state index is 0.167. The fourth-order valence-electron chi connectivity index (χ4n) is 3.12. The van der Waals surface area contributed by atoms with E-state index in [0.29, 0.717) is 29.5 Å². The van der Waals surface area contributed by atoms with Gasteiger partial charge in [-0.25, -0.2) is 4.98 Å². The van der Waals surface area contributed by atoms with Crippen LogP contribution >= 0.6 is 11.3 Å². The molecular formula is C25H24N4O2S. The molecule has 32 heavy (non-hydrogen) atoms. The molecule has 0 radical (unpaired) electrons. The summed E-state index contributed by atoms with van der Waals surface area (Å²) in [6, 6.07) is 13.4. The molecule has 4 rings (SSSR count). The molecule has 6 nitrogen and oxygen atoms in total. The highest BCUT2D eigenvalue weighted by molar-refractivity contribution is 7.11. The summed E-state index contributed by atoms with van der Waals surface area (Å²) in [6.07, 6.45) is 4.36. The van der Waals surface area contributed by atoms with Gasteiger partial charge in [-0.2, -0.15) is 0 Å². The summed E-state index contributed by atoms with van der Waals surface area (Å²) in [6.45, 7) is 6.37. The molecule has 0 bridgehead atoms. The van der Waals surface area contributed by atoms with Gasteiger partial charge >= 0.3 is 0 Å². The third-order valence-electron chi connectivity index (χ3n) is 4.85. The van der Waals surface area contributed by atoms with Gasteiger partial charge in [0.2, 0.25) is 0 Å². The molecule has 162 valence electrons. The van der Waals surface area contributed by atoms with Gasteiger partial charge in [0.1, 0.15) is 5.75 Å².